The Labute approximate surface area is 132 Å². The van der Waals surface area contributed by atoms with E-state index >= 15 is 0 Å². The normalized spacial score (nSPS) is 10.7. The highest BCUT2D eigenvalue weighted by molar-refractivity contribution is 6.31. The molecule has 2 rings (SSSR count). The van der Waals surface area contributed by atoms with Gasteiger partial charge in [0.15, 0.2) is 0 Å². The number of hydrogen-bond donors (Lipinski definition) is 2. The van der Waals surface area contributed by atoms with Gasteiger partial charge in [0.05, 0.1) is 24.2 Å². The molecule has 0 unspecified atom stereocenters. The number of benzene rings is 1. The third kappa shape index (κ3) is 3.17. The smallest absolute Gasteiger partial charge is 0.404 e. The Morgan fingerprint density at radius 2 is 2.14 bits per heavy atom. The third-order valence-corrected chi connectivity index (χ3v) is 3.52. The van der Waals surface area contributed by atoms with E-state index in [1.807, 2.05) is 6.92 Å². The van der Waals surface area contributed by atoms with E-state index in [0.717, 1.165) is 6.42 Å². The van der Waals surface area contributed by atoms with E-state index in [1.165, 1.54) is 4.57 Å². The molecule has 1 aromatic heterocycles. The molecule has 118 valence electrons. The van der Waals surface area contributed by atoms with Crippen molar-refractivity contribution in [2.75, 3.05) is 6.61 Å². The second-order valence-corrected chi connectivity index (χ2v) is 5.27. The van der Waals surface area contributed by atoms with E-state index in [1.54, 1.807) is 25.2 Å². The molecule has 1 amide bonds. The fourth-order valence-electron chi connectivity index (χ4n) is 2.23. The van der Waals surface area contributed by atoms with Crippen LogP contribution in [0.15, 0.2) is 23.0 Å². The molecular formula is C15H17ClN2O4. The van der Waals surface area contributed by atoms with Gasteiger partial charge in [0.2, 0.25) is 0 Å². The lowest BCUT2D eigenvalue weighted by Gasteiger charge is -2.17. The number of aromatic nitrogens is 1. The molecule has 0 fully saturated rings. The lowest BCUT2D eigenvalue weighted by atomic mass is 10.1. The van der Waals surface area contributed by atoms with Crippen LogP contribution in [0, 0.1) is 0 Å². The second kappa shape index (κ2) is 6.70. The zero-order chi connectivity index (χ0) is 16.3. The number of pyridine rings is 1. The van der Waals surface area contributed by atoms with Crippen LogP contribution in [0.4, 0.5) is 4.79 Å². The van der Waals surface area contributed by atoms with Gasteiger partial charge in [-0.05, 0) is 24.6 Å². The lowest BCUT2D eigenvalue weighted by Crippen LogP contribution is -2.28. The summed E-state index contributed by atoms with van der Waals surface area (Å²) in [6, 6.07) is 4.95. The first-order valence-electron chi connectivity index (χ1n) is 6.86. The van der Waals surface area contributed by atoms with Crippen LogP contribution in [0.3, 0.4) is 0 Å². The second-order valence-electron chi connectivity index (χ2n) is 4.84. The number of nitrogens with zero attached hydrogens (tertiary/aromatic N) is 1. The van der Waals surface area contributed by atoms with Crippen LogP contribution in [0.2, 0.25) is 5.02 Å². The first-order valence-corrected chi connectivity index (χ1v) is 7.24. The Bertz CT molecular complexity index is 770. The Hall–Kier alpha value is -2.21. The summed E-state index contributed by atoms with van der Waals surface area (Å²) in [5.41, 5.74) is 0.244. The summed E-state index contributed by atoms with van der Waals surface area (Å²) in [7, 11) is 1.59. The number of nitrogens with one attached hydrogen (secondary N) is 1. The number of amides is 1. The molecule has 0 atom stereocenters. The zero-order valence-electron chi connectivity index (χ0n) is 12.4. The van der Waals surface area contributed by atoms with Crippen LogP contribution < -0.4 is 15.6 Å². The van der Waals surface area contributed by atoms with Crippen LogP contribution in [0.1, 0.15) is 19.0 Å². The lowest BCUT2D eigenvalue weighted by molar-refractivity contribution is 0.193. The highest BCUT2D eigenvalue weighted by Crippen LogP contribution is 2.30. The molecule has 0 saturated carbocycles. The van der Waals surface area contributed by atoms with Crippen molar-refractivity contribution in [3.63, 3.8) is 0 Å². The molecule has 0 bridgehead atoms. The van der Waals surface area contributed by atoms with Crippen LogP contribution in [0.5, 0.6) is 5.75 Å². The Balaban J connectivity index is 2.70. The van der Waals surface area contributed by atoms with Crippen molar-refractivity contribution in [1.29, 1.82) is 0 Å². The van der Waals surface area contributed by atoms with Crippen LogP contribution in [-0.2, 0) is 13.6 Å². The first-order chi connectivity index (χ1) is 10.5. The van der Waals surface area contributed by atoms with E-state index in [4.69, 9.17) is 21.4 Å². The van der Waals surface area contributed by atoms with E-state index in [9.17, 15) is 9.59 Å². The largest absolute Gasteiger partial charge is 0.491 e. The summed E-state index contributed by atoms with van der Waals surface area (Å²) in [5, 5.41) is 12.6. The van der Waals surface area contributed by atoms with Gasteiger partial charge >= 0.3 is 6.09 Å². The van der Waals surface area contributed by atoms with Gasteiger partial charge in [0.1, 0.15) is 5.75 Å². The van der Waals surface area contributed by atoms with Gasteiger partial charge in [0.25, 0.3) is 5.56 Å². The van der Waals surface area contributed by atoms with Crippen molar-refractivity contribution in [1.82, 2.24) is 9.88 Å². The highest BCUT2D eigenvalue weighted by atomic mass is 35.5. The summed E-state index contributed by atoms with van der Waals surface area (Å²) in [6.07, 6.45) is -0.378. The first kappa shape index (κ1) is 16.2. The molecule has 0 aliphatic heterocycles. The van der Waals surface area contributed by atoms with Gasteiger partial charge in [-0.15, -0.1) is 0 Å². The van der Waals surface area contributed by atoms with Gasteiger partial charge < -0.3 is 19.7 Å². The number of fused-ring (bicyclic) bond motifs is 1. The topological polar surface area (TPSA) is 80.6 Å². The average molecular weight is 325 g/mol. The van der Waals surface area contributed by atoms with Crippen LogP contribution in [-0.4, -0.2) is 22.4 Å². The summed E-state index contributed by atoms with van der Waals surface area (Å²) >= 11 is 6.02. The molecule has 0 spiro atoms. The zero-order valence-corrected chi connectivity index (χ0v) is 13.1. The molecule has 6 nitrogen and oxygen atoms in total. The molecule has 0 aliphatic carbocycles. The minimum atomic E-state index is -1.17. The maximum absolute atomic E-state index is 12.4. The summed E-state index contributed by atoms with van der Waals surface area (Å²) in [6.45, 7) is 2.40. The number of carboxylic acid groups (broad SMARTS) is 1. The highest BCUT2D eigenvalue weighted by Gasteiger charge is 2.17. The molecule has 22 heavy (non-hydrogen) atoms. The fourth-order valence-corrected chi connectivity index (χ4v) is 2.40. The Morgan fingerprint density at radius 3 is 2.77 bits per heavy atom. The van der Waals surface area contributed by atoms with Gasteiger partial charge in [-0.3, -0.25) is 4.79 Å². The molecular weight excluding hydrogens is 308 g/mol. The molecule has 0 saturated heterocycles. The summed E-state index contributed by atoms with van der Waals surface area (Å²) in [5.74, 6) is 0.482. The monoisotopic (exact) mass is 324 g/mol. The van der Waals surface area contributed by atoms with E-state index in [0.29, 0.717) is 33.8 Å². The summed E-state index contributed by atoms with van der Waals surface area (Å²) < 4.78 is 7.17. The van der Waals surface area contributed by atoms with Gasteiger partial charge in [-0.25, -0.2) is 4.79 Å². The van der Waals surface area contributed by atoms with Gasteiger partial charge in [-0.2, -0.15) is 0 Å². The maximum Gasteiger partial charge on any atom is 0.404 e. The minimum absolute atomic E-state index is 0.0252. The molecule has 2 N–H and O–H groups in total. The molecule has 1 aromatic carbocycles. The Morgan fingerprint density at radius 1 is 1.41 bits per heavy atom. The number of carbonyl (C=O) groups is 1. The maximum atomic E-state index is 12.4. The van der Waals surface area contributed by atoms with Gasteiger partial charge in [-0.1, -0.05) is 18.5 Å². The van der Waals surface area contributed by atoms with Crippen LogP contribution in [0.25, 0.3) is 10.8 Å². The van der Waals surface area contributed by atoms with Gasteiger partial charge in [0, 0.05) is 17.5 Å². The predicted molar refractivity (Wildman–Crippen MR) is 84.8 cm³/mol. The fraction of sp³-hybridized carbons (Fsp3) is 0.333. The van der Waals surface area contributed by atoms with Crippen molar-refractivity contribution < 1.29 is 14.6 Å². The molecule has 0 aliphatic rings. The van der Waals surface area contributed by atoms with Crippen molar-refractivity contribution in [2.24, 2.45) is 7.05 Å². The van der Waals surface area contributed by atoms with Crippen molar-refractivity contribution in [3.05, 3.63) is 39.3 Å². The molecule has 0 radical (unpaired) electrons. The number of rotatable bonds is 5. The van der Waals surface area contributed by atoms with Crippen molar-refractivity contribution in [3.8, 4) is 5.75 Å². The van der Waals surface area contributed by atoms with Crippen LogP contribution >= 0.6 is 11.6 Å². The molecule has 2 aromatic rings. The number of halogens is 1. The quantitative estimate of drug-likeness (QED) is 0.886. The van der Waals surface area contributed by atoms with Crippen molar-refractivity contribution >= 4 is 28.5 Å². The number of hydrogen-bond acceptors (Lipinski definition) is 3. The van der Waals surface area contributed by atoms with E-state index in [-0.39, 0.29) is 12.1 Å². The van der Waals surface area contributed by atoms with E-state index < -0.39 is 6.09 Å². The van der Waals surface area contributed by atoms with Crippen molar-refractivity contribution in [2.45, 2.75) is 19.9 Å². The average Bonchev–Trinajstić information content (AvgIpc) is 2.48. The Kier molecular flexibility index (Phi) is 4.92. The third-order valence-electron chi connectivity index (χ3n) is 3.29. The predicted octanol–water partition coefficient (Wildman–Crippen LogP) is 2.75. The molecule has 7 heteroatoms. The molecule has 1 heterocycles. The van der Waals surface area contributed by atoms with E-state index in [2.05, 4.69) is 5.32 Å². The summed E-state index contributed by atoms with van der Waals surface area (Å²) in [4.78, 5) is 23.2. The standard InChI is InChI=1S/C15H17ClN2O4/c1-3-6-22-13-11-7-9(16)4-5-10(11)14(19)18(2)12(13)8-17-15(20)21/h4-5,7,17H,3,6,8H2,1-2H3,(H,20,21). The SMILES string of the molecule is CCCOc1c(CNC(=O)O)n(C)c(=O)c2ccc(Cl)cc12. The minimum Gasteiger partial charge on any atom is -0.491 e. The number of ether oxygens (including phenoxy) is 1.